The smallest absolute Gasteiger partial charge is 0.339 e. The van der Waals surface area contributed by atoms with Crippen LogP contribution >= 0.6 is 11.6 Å². The number of carbonyl (C=O) groups excluding carboxylic acids is 1. The number of esters is 1. The third-order valence-corrected chi connectivity index (χ3v) is 2.13. The highest BCUT2D eigenvalue weighted by Gasteiger charge is 2.06. The summed E-state index contributed by atoms with van der Waals surface area (Å²) in [7, 11) is 0. The van der Waals surface area contributed by atoms with Crippen LogP contribution in [0.3, 0.4) is 0 Å². The molecule has 0 N–H and O–H groups in total. The van der Waals surface area contributed by atoms with Gasteiger partial charge in [0.2, 0.25) is 0 Å². The first-order valence-corrected chi connectivity index (χ1v) is 4.88. The minimum atomic E-state index is -0.424. The zero-order valence-corrected chi connectivity index (χ0v) is 8.96. The summed E-state index contributed by atoms with van der Waals surface area (Å²) < 4.78 is 6.40. The summed E-state index contributed by atoms with van der Waals surface area (Å²) in [6.07, 6.45) is 2.84. The summed E-state index contributed by atoms with van der Waals surface area (Å²) in [5.74, 6) is -0.424. The van der Waals surface area contributed by atoms with Gasteiger partial charge in [-0.05, 0) is 24.3 Å². The molecule has 0 radical (unpaired) electrons. The van der Waals surface area contributed by atoms with E-state index in [0.29, 0.717) is 10.6 Å². The molecule has 5 nitrogen and oxygen atoms in total. The molecule has 0 saturated heterocycles. The van der Waals surface area contributed by atoms with Crippen LogP contribution in [0.4, 0.5) is 0 Å². The molecule has 1 heterocycles. The summed E-state index contributed by atoms with van der Waals surface area (Å²) in [6.45, 7) is 0.0431. The first-order chi connectivity index (χ1) is 7.75. The SMILES string of the molecule is O=C(OCn1cncn1)c1ccc(Cl)cc1. The molecule has 0 saturated carbocycles. The maximum Gasteiger partial charge on any atom is 0.339 e. The number of rotatable bonds is 3. The molecule has 0 aliphatic carbocycles. The fourth-order valence-corrected chi connectivity index (χ4v) is 1.22. The van der Waals surface area contributed by atoms with Gasteiger partial charge in [0.05, 0.1) is 5.56 Å². The Labute approximate surface area is 96.6 Å². The number of halogens is 1. The second-order valence-corrected chi connectivity index (χ2v) is 3.44. The number of aromatic nitrogens is 3. The quantitative estimate of drug-likeness (QED) is 0.763. The topological polar surface area (TPSA) is 57.0 Å². The lowest BCUT2D eigenvalue weighted by Gasteiger charge is -2.03. The number of hydrogen-bond donors (Lipinski definition) is 0. The van der Waals surface area contributed by atoms with Gasteiger partial charge in [0.1, 0.15) is 12.7 Å². The second kappa shape index (κ2) is 4.76. The van der Waals surface area contributed by atoms with Gasteiger partial charge in [-0.3, -0.25) is 0 Å². The number of nitrogens with zero attached hydrogens (tertiary/aromatic N) is 3. The van der Waals surface area contributed by atoms with Crippen molar-refractivity contribution < 1.29 is 9.53 Å². The lowest BCUT2D eigenvalue weighted by atomic mass is 10.2. The lowest BCUT2D eigenvalue weighted by Crippen LogP contribution is -2.10. The zero-order valence-electron chi connectivity index (χ0n) is 8.21. The van der Waals surface area contributed by atoms with Gasteiger partial charge in [-0.1, -0.05) is 11.6 Å². The number of carbonyl (C=O) groups is 1. The maximum absolute atomic E-state index is 11.5. The molecule has 1 aromatic carbocycles. The Hall–Kier alpha value is -1.88. The molecule has 0 spiro atoms. The highest BCUT2D eigenvalue weighted by Crippen LogP contribution is 2.10. The van der Waals surface area contributed by atoms with Crippen LogP contribution in [-0.2, 0) is 11.5 Å². The fourth-order valence-electron chi connectivity index (χ4n) is 1.09. The molecule has 82 valence electrons. The number of benzene rings is 1. The van der Waals surface area contributed by atoms with Crippen LogP contribution in [0.15, 0.2) is 36.9 Å². The molecule has 0 fully saturated rings. The van der Waals surface area contributed by atoms with Gasteiger partial charge in [-0.25, -0.2) is 14.5 Å². The molecule has 2 rings (SSSR count). The number of hydrogen-bond acceptors (Lipinski definition) is 4. The Bertz CT molecular complexity index is 467. The summed E-state index contributed by atoms with van der Waals surface area (Å²) in [4.78, 5) is 15.3. The van der Waals surface area contributed by atoms with Crippen LogP contribution < -0.4 is 0 Å². The predicted molar refractivity (Wildman–Crippen MR) is 56.9 cm³/mol. The second-order valence-electron chi connectivity index (χ2n) is 3.00. The molecule has 6 heteroatoms. The molecule has 16 heavy (non-hydrogen) atoms. The number of ether oxygens (including phenoxy) is 1. The third-order valence-electron chi connectivity index (χ3n) is 1.87. The van der Waals surface area contributed by atoms with Gasteiger partial charge < -0.3 is 4.74 Å². The first-order valence-electron chi connectivity index (χ1n) is 4.51. The van der Waals surface area contributed by atoms with Crippen LogP contribution in [-0.4, -0.2) is 20.7 Å². The summed E-state index contributed by atoms with van der Waals surface area (Å²) in [5.41, 5.74) is 0.449. The van der Waals surface area contributed by atoms with Crippen molar-refractivity contribution >= 4 is 17.6 Å². The normalized spacial score (nSPS) is 10.1. The van der Waals surface area contributed by atoms with Crippen LogP contribution in [0, 0.1) is 0 Å². The van der Waals surface area contributed by atoms with Crippen molar-refractivity contribution in [2.45, 2.75) is 6.73 Å². The molecule has 2 aromatic rings. The van der Waals surface area contributed by atoms with Crippen molar-refractivity contribution in [1.82, 2.24) is 14.8 Å². The molecule has 0 atom stereocenters. The van der Waals surface area contributed by atoms with E-state index in [9.17, 15) is 4.79 Å². The van der Waals surface area contributed by atoms with Gasteiger partial charge in [-0.15, -0.1) is 0 Å². The van der Waals surface area contributed by atoms with Gasteiger partial charge in [0.25, 0.3) is 0 Å². The Kier molecular flexibility index (Phi) is 3.16. The van der Waals surface area contributed by atoms with E-state index in [1.165, 1.54) is 17.3 Å². The molecule has 0 bridgehead atoms. The monoisotopic (exact) mass is 237 g/mol. The molecule has 0 amide bonds. The van der Waals surface area contributed by atoms with Crippen LogP contribution in [0.25, 0.3) is 0 Å². The Morgan fingerprint density at radius 1 is 1.38 bits per heavy atom. The Morgan fingerprint density at radius 3 is 2.75 bits per heavy atom. The van der Waals surface area contributed by atoms with Crippen molar-refractivity contribution in [3.63, 3.8) is 0 Å². The van der Waals surface area contributed by atoms with Gasteiger partial charge in [0.15, 0.2) is 6.73 Å². The molecule has 0 unspecified atom stereocenters. The molecular formula is C10H8ClN3O2. The zero-order chi connectivity index (χ0) is 11.4. The minimum absolute atomic E-state index is 0.0431. The largest absolute Gasteiger partial charge is 0.439 e. The first kappa shape index (κ1) is 10.6. The van der Waals surface area contributed by atoms with Gasteiger partial charge >= 0.3 is 5.97 Å². The van der Waals surface area contributed by atoms with E-state index >= 15 is 0 Å². The van der Waals surface area contributed by atoms with E-state index in [2.05, 4.69) is 10.1 Å². The van der Waals surface area contributed by atoms with Crippen molar-refractivity contribution in [2.24, 2.45) is 0 Å². The average molecular weight is 238 g/mol. The van der Waals surface area contributed by atoms with Crippen LogP contribution in [0.1, 0.15) is 10.4 Å². The van der Waals surface area contributed by atoms with Gasteiger partial charge in [-0.2, -0.15) is 5.10 Å². The van der Waals surface area contributed by atoms with E-state index in [1.54, 1.807) is 24.3 Å². The molecule has 1 aromatic heterocycles. The highest BCUT2D eigenvalue weighted by atomic mass is 35.5. The van der Waals surface area contributed by atoms with E-state index in [4.69, 9.17) is 16.3 Å². The van der Waals surface area contributed by atoms with Crippen molar-refractivity contribution in [1.29, 1.82) is 0 Å². The Morgan fingerprint density at radius 2 is 2.12 bits per heavy atom. The predicted octanol–water partition coefficient (Wildman–Crippen LogP) is 1.75. The lowest BCUT2D eigenvalue weighted by molar-refractivity contribution is 0.0349. The van der Waals surface area contributed by atoms with E-state index in [0.717, 1.165) is 0 Å². The van der Waals surface area contributed by atoms with E-state index in [1.807, 2.05) is 0 Å². The molecular weight excluding hydrogens is 230 g/mol. The summed E-state index contributed by atoms with van der Waals surface area (Å²) in [5, 5.41) is 4.38. The van der Waals surface area contributed by atoms with Crippen LogP contribution in [0.5, 0.6) is 0 Å². The van der Waals surface area contributed by atoms with Crippen molar-refractivity contribution in [3.05, 3.63) is 47.5 Å². The van der Waals surface area contributed by atoms with Crippen LogP contribution in [0.2, 0.25) is 5.02 Å². The summed E-state index contributed by atoms with van der Waals surface area (Å²) >= 11 is 5.70. The van der Waals surface area contributed by atoms with E-state index < -0.39 is 5.97 Å². The summed E-state index contributed by atoms with van der Waals surface area (Å²) in [6, 6.07) is 6.47. The average Bonchev–Trinajstić information content (AvgIpc) is 2.80. The minimum Gasteiger partial charge on any atom is -0.439 e. The highest BCUT2D eigenvalue weighted by molar-refractivity contribution is 6.30. The molecule has 0 aliphatic rings. The van der Waals surface area contributed by atoms with Crippen molar-refractivity contribution in [3.8, 4) is 0 Å². The third kappa shape index (κ3) is 2.58. The maximum atomic E-state index is 11.5. The van der Waals surface area contributed by atoms with Crippen molar-refractivity contribution in [2.75, 3.05) is 0 Å². The fraction of sp³-hybridized carbons (Fsp3) is 0.100. The molecule has 0 aliphatic heterocycles. The standard InChI is InChI=1S/C10H8ClN3O2/c11-9-3-1-8(2-4-9)10(15)16-7-14-6-12-5-13-14/h1-6H,7H2. The van der Waals surface area contributed by atoms with Gasteiger partial charge in [0, 0.05) is 5.02 Å². The Balaban J connectivity index is 1.95. The van der Waals surface area contributed by atoms with E-state index in [-0.39, 0.29) is 6.73 Å².